The van der Waals surface area contributed by atoms with Crippen molar-refractivity contribution < 1.29 is 9.47 Å². The summed E-state index contributed by atoms with van der Waals surface area (Å²) in [6.07, 6.45) is 27.8. The molecule has 2 aliphatic heterocycles. The van der Waals surface area contributed by atoms with Crippen molar-refractivity contribution in [3.8, 4) is 0 Å². The Morgan fingerprint density at radius 3 is 1.03 bits per heavy atom. The lowest BCUT2D eigenvalue weighted by Gasteiger charge is -2.48. The molecular weight excluding hydrogens is 456 g/mol. The molecule has 4 saturated carbocycles. The van der Waals surface area contributed by atoms with Gasteiger partial charge in [-0.05, 0) is 65.2 Å². The van der Waals surface area contributed by atoms with Crippen molar-refractivity contribution in [2.45, 2.75) is 172 Å². The van der Waals surface area contributed by atoms with Gasteiger partial charge in [0.1, 0.15) is 11.2 Å². The summed E-state index contributed by atoms with van der Waals surface area (Å²) < 4.78 is 14.4. The first-order valence-corrected chi connectivity index (χ1v) is 16.6. The highest BCUT2D eigenvalue weighted by Crippen LogP contribution is 2.52. The van der Waals surface area contributed by atoms with Crippen molar-refractivity contribution in [3.63, 3.8) is 0 Å². The Bertz CT molecular complexity index is 721. The topological polar surface area (TPSA) is 43.2 Å². The van der Waals surface area contributed by atoms with E-state index in [4.69, 9.17) is 19.5 Å². The molecule has 6 aliphatic rings. The molecule has 0 saturated heterocycles. The number of nitrogens with zero attached hydrogens (tertiary/aromatic N) is 2. The summed E-state index contributed by atoms with van der Waals surface area (Å²) >= 11 is 0. The fourth-order valence-corrected chi connectivity index (χ4v) is 10.1. The number of ether oxygens (including phenoxy) is 2. The van der Waals surface area contributed by atoms with Crippen molar-refractivity contribution in [2.24, 2.45) is 33.7 Å². The summed E-state index contributed by atoms with van der Waals surface area (Å²) in [6.45, 7) is 4.73. The van der Waals surface area contributed by atoms with Crippen molar-refractivity contribution in [2.75, 3.05) is 0 Å². The van der Waals surface area contributed by atoms with E-state index in [1.807, 2.05) is 0 Å². The minimum atomic E-state index is -0.0786. The van der Waals surface area contributed by atoms with Crippen LogP contribution in [0.25, 0.3) is 0 Å². The monoisotopic (exact) mass is 510 g/mol. The number of hydrogen-bond donors (Lipinski definition) is 0. The van der Waals surface area contributed by atoms with Crippen LogP contribution in [-0.2, 0) is 9.47 Å². The van der Waals surface area contributed by atoms with Gasteiger partial charge >= 0.3 is 0 Å². The molecular formula is C33H54N2O2. The standard InChI is InChI=1S/C33H54N2O2/c1-24-32(26-15-7-3-8-16-26,27-17-9-4-10-18-27)36-30(34-24)23-31-35-25(2)33(37-31,28-19-11-5-12-20-28)29-21-13-6-14-22-29/h24-29H,3-23H2,1-2H3/t24-,25-/m1/s1. The lowest BCUT2D eigenvalue weighted by Crippen LogP contribution is -2.54. The highest BCUT2D eigenvalue weighted by atomic mass is 16.5. The Labute approximate surface area is 226 Å². The summed E-state index contributed by atoms with van der Waals surface area (Å²) in [5.74, 6) is 4.53. The average Bonchev–Trinajstić information content (AvgIpc) is 3.47. The molecule has 208 valence electrons. The molecule has 0 aromatic carbocycles. The van der Waals surface area contributed by atoms with Crippen LogP contribution in [0.3, 0.4) is 0 Å². The first-order chi connectivity index (χ1) is 18.1. The summed E-state index contributed by atoms with van der Waals surface area (Å²) in [5, 5.41) is 0. The van der Waals surface area contributed by atoms with Crippen molar-refractivity contribution >= 4 is 11.8 Å². The Hall–Kier alpha value is -1.06. The normalized spacial score (nSPS) is 34.0. The van der Waals surface area contributed by atoms with E-state index in [0.717, 1.165) is 11.8 Å². The largest absolute Gasteiger partial charge is 0.471 e. The van der Waals surface area contributed by atoms with Gasteiger partial charge in [-0.2, -0.15) is 0 Å². The molecule has 0 bridgehead atoms. The van der Waals surface area contributed by atoms with Crippen LogP contribution in [0.1, 0.15) is 149 Å². The molecule has 0 spiro atoms. The molecule has 0 unspecified atom stereocenters. The van der Waals surface area contributed by atoms with Gasteiger partial charge in [-0.3, -0.25) is 0 Å². The van der Waals surface area contributed by atoms with E-state index in [9.17, 15) is 0 Å². The fourth-order valence-electron chi connectivity index (χ4n) is 10.1. The van der Waals surface area contributed by atoms with Crippen LogP contribution in [0.2, 0.25) is 0 Å². The lowest BCUT2D eigenvalue weighted by atomic mass is 9.63. The van der Waals surface area contributed by atoms with Gasteiger partial charge in [0.15, 0.2) is 11.8 Å². The third-order valence-corrected chi connectivity index (χ3v) is 11.8. The lowest BCUT2D eigenvalue weighted by molar-refractivity contribution is -0.0815. The van der Waals surface area contributed by atoms with E-state index < -0.39 is 0 Å². The van der Waals surface area contributed by atoms with Gasteiger partial charge in [0, 0.05) is 23.7 Å². The minimum Gasteiger partial charge on any atom is -0.471 e. The molecule has 0 radical (unpaired) electrons. The SMILES string of the molecule is C[C@H]1N=C(CC2=N[C@H](C)C(C3CCCCC3)(C3CCCCC3)O2)OC1(C1CCCCC1)C1CCCCC1. The zero-order valence-electron chi connectivity index (χ0n) is 24.0. The first-order valence-electron chi connectivity index (χ1n) is 16.6. The van der Waals surface area contributed by atoms with Crippen molar-refractivity contribution in [3.05, 3.63) is 0 Å². The summed E-state index contributed by atoms with van der Waals surface area (Å²) in [4.78, 5) is 10.6. The zero-order valence-corrected chi connectivity index (χ0v) is 24.0. The Morgan fingerprint density at radius 1 is 0.486 bits per heavy atom. The van der Waals surface area contributed by atoms with Gasteiger partial charge in [-0.25, -0.2) is 9.98 Å². The van der Waals surface area contributed by atoms with Crippen LogP contribution in [0.5, 0.6) is 0 Å². The highest BCUT2D eigenvalue weighted by Gasteiger charge is 2.57. The zero-order chi connectivity index (χ0) is 25.3. The second kappa shape index (κ2) is 11.2. The molecule has 4 heteroatoms. The highest BCUT2D eigenvalue weighted by molar-refractivity contribution is 5.99. The number of aliphatic imine (C=N–C) groups is 2. The van der Waals surface area contributed by atoms with E-state index in [1.54, 1.807) is 0 Å². The van der Waals surface area contributed by atoms with E-state index in [1.165, 1.54) is 128 Å². The third kappa shape index (κ3) is 4.79. The molecule has 2 atom stereocenters. The summed E-state index contributed by atoms with van der Waals surface area (Å²) in [7, 11) is 0. The summed E-state index contributed by atoms with van der Waals surface area (Å²) in [5.41, 5.74) is -0.157. The Morgan fingerprint density at radius 2 is 0.757 bits per heavy atom. The van der Waals surface area contributed by atoms with Crippen LogP contribution in [0, 0.1) is 23.7 Å². The molecule has 0 amide bonds. The predicted molar refractivity (Wildman–Crippen MR) is 152 cm³/mol. The van der Waals surface area contributed by atoms with Crippen LogP contribution in [0.4, 0.5) is 0 Å². The maximum Gasteiger partial charge on any atom is 0.193 e. The molecule has 4 fully saturated rings. The van der Waals surface area contributed by atoms with Gasteiger partial charge in [-0.15, -0.1) is 0 Å². The van der Waals surface area contributed by atoms with Crippen LogP contribution in [0.15, 0.2) is 9.98 Å². The molecule has 4 aliphatic carbocycles. The minimum absolute atomic E-state index is 0.0786. The molecule has 0 aromatic rings. The number of rotatable bonds is 6. The van der Waals surface area contributed by atoms with Crippen molar-refractivity contribution in [1.82, 2.24) is 0 Å². The smallest absolute Gasteiger partial charge is 0.193 e. The van der Waals surface area contributed by atoms with Crippen molar-refractivity contribution in [1.29, 1.82) is 0 Å². The predicted octanol–water partition coefficient (Wildman–Crippen LogP) is 8.81. The number of hydrogen-bond acceptors (Lipinski definition) is 4. The van der Waals surface area contributed by atoms with E-state index in [2.05, 4.69) is 13.8 Å². The Kier molecular flexibility index (Phi) is 7.93. The van der Waals surface area contributed by atoms with E-state index in [0.29, 0.717) is 30.1 Å². The Balaban J connectivity index is 1.21. The quantitative estimate of drug-likeness (QED) is 0.358. The maximum atomic E-state index is 7.19. The van der Waals surface area contributed by atoms with Crippen LogP contribution < -0.4 is 0 Å². The van der Waals surface area contributed by atoms with E-state index >= 15 is 0 Å². The molecule has 0 aromatic heterocycles. The summed E-state index contributed by atoms with van der Waals surface area (Å²) in [6, 6.07) is 0.518. The molecule has 37 heavy (non-hydrogen) atoms. The second-order valence-corrected chi connectivity index (χ2v) is 13.8. The molecule has 2 heterocycles. The second-order valence-electron chi connectivity index (χ2n) is 13.8. The van der Waals surface area contributed by atoms with Gasteiger partial charge in [0.25, 0.3) is 0 Å². The molecule has 4 nitrogen and oxygen atoms in total. The maximum absolute atomic E-state index is 7.19. The molecule has 6 rings (SSSR count). The van der Waals surface area contributed by atoms with E-state index in [-0.39, 0.29) is 23.3 Å². The average molecular weight is 511 g/mol. The van der Waals surface area contributed by atoms with Gasteiger partial charge in [-0.1, -0.05) is 77.0 Å². The van der Waals surface area contributed by atoms with Crippen LogP contribution >= 0.6 is 0 Å². The fraction of sp³-hybridized carbons (Fsp3) is 0.939. The van der Waals surface area contributed by atoms with Gasteiger partial charge in [0.05, 0.1) is 18.5 Å². The van der Waals surface area contributed by atoms with Gasteiger partial charge in [0.2, 0.25) is 0 Å². The first kappa shape index (κ1) is 26.2. The third-order valence-electron chi connectivity index (χ3n) is 11.8. The molecule has 0 N–H and O–H groups in total. The van der Waals surface area contributed by atoms with Crippen LogP contribution in [-0.4, -0.2) is 35.1 Å². The van der Waals surface area contributed by atoms with Gasteiger partial charge < -0.3 is 9.47 Å².